The Morgan fingerprint density at radius 2 is 2.14 bits per heavy atom. The van der Waals surface area contributed by atoms with Gasteiger partial charge in [-0.1, -0.05) is 16.5 Å². The third kappa shape index (κ3) is 2.59. The minimum atomic E-state index is -3.85. The van der Waals surface area contributed by atoms with E-state index >= 15 is 0 Å². The number of hydrogen-bond donors (Lipinski definition) is 2. The number of aromatic nitrogens is 2. The van der Waals surface area contributed by atoms with Crippen molar-refractivity contribution >= 4 is 32.4 Å². The number of amides is 1. The quantitative estimate of drug-likeness (QED) is 0.867. The van der Waals surface area contributed by atoms with Crippen LogP contribution >= 0.6 is 11.3 Å². The van der Waals surface area contributed by atoms with Crippen LogP contribution in [-0.2, 0) is 16.4 Å². The SMILES string of the molecule is Cc1noc(C)c1S(=O)(=O)Nc1nc2c(s1)C(=O)NCCC2. The van der Waals surface area contributed by atoms with E-state index in [4.69, 9.17) is 4.52 Å². The predicted octanol–water partition coefficient (Wildman–Crippen LogP) is 1.22. The van der Waals surface area contributed by atoms with Crippen LogP contribution in [0.3, 0.4) is 0 Å². The zero-order valence-corrected chi connectivity index (χ0v) is 13.6. The molecular formula is C12H14N4O4S2. The van der Waals surface area contributed by atoms with Crippen LogP contribution < -0.4 is 10.0 Å². The Labute approximate surface area is 131 Å². The van der Waals surface area contributed by atoms with Crippen molar-refractivity contribution in [1.82, 2.24) is 15.5 Å². The smallest absolute Gasteiger partial charge is 0.269 e. The van der Waals surface area contributed by atoms with Crippen LogP contribution in [0.1, 0.15) is 33.2 Å². The van der Waals surface area contributed by atoms with E-state index in [2.05, 4.69) is 20.2 Å². The molecule has 2 N–H and O–H groups in total. The summed E-state index contributed by atoms with van der Waals surface area (Å²) < 4.78 is 32.1. The number of sulfonamides is 1. The molecule has 3 heterocycles. The van der Waals surface area contributed by atoms with E-state index in [1.807, 2.05) is 0 Å². The molecule has 0 unspecified atom stereocenters. The van der Waals surface area contributed by atoms with Gasteiger partial charge in [0.15, 0.2) is 15.8 Å². The zero-order valence-electron chi connectivity index (χ0n) is 12.0. The first-order valence-corrected chi connectivity index (χ1v) is 8.92. The molecule has 2 aromatic rings. The summed E-state index contributed by atoms with van der Waals surface area (Å²) in [6, 6.07) is 0. The molecule has 0 aromatic carbocycles. The Balaban J connectivity index is 1.94. The maximum absolute atomic E-state index is 12.4. The predicted molar refractivity (Wildman–Crippen MR) is 79.6 cm³/mol. The van der Waals surface area contributed by atoms with E-state index in [1.165, 1.54) is 6.92 Å². The van der Waals surface area contributed by atoms with Crippen molar-refractivity contribution in [2.24, 2.45) is 0 Å². The van der Waals surface area contributed by atoms with Gasteiger partial charge in [-0.05, 0) is 26.7 Å². The van der Waals surface area contributed by atoms with Gasteiger partial charge in [-0.25, -0.2) is 13.4 Å². The number of rotatable bonds is 3. The summed E-state index contributed by atoms with van der Waals surface area (Å²) in [5, 5.41) is 6.56. The van der Waals surface area contributed by atoms with Crippen LogP contribution in [-0.4, -0.2) is 31.0 Å². The Morgan fingerprint density at radius 3 is 2.82 bits per heavy atom. The molecule has 0 spiro atoms. The molecule has 1 aliphatic rings. The standard InChI is InChI=1S/C12H14N4O4S2/c1-6-10(7(2)20-15-6)22(18,19)16-12-14-8-4-3-5-13-11(17)9(8)21-12/h3-5H2,1-2H3,(H,13,17)(H,14,16). The third-order valence-corrected chi connectivity index (χ3v) is 5.96. The highest BCUT2D eigenvalue weighted by atomic mass is 32.2. The highest BCUT2D eigenvalue weighted by molar-refractivity contribution is 7.93. The molecular weight excluding hydrogens is 328 g/mol. The molecule has 0 atom stereocenters. The fourth-order valence-corrected chi connectivity index (χ4v) is 4.80. The highest BCUT2D eigenvalue weighted by Crippen LogP contribution is 2.28. The first-order valence-electron chi connectivity index (χ1n) is 6.62. The van der Waals surface area contributed by atoms with E-state index < -0.39 is 10.0 Å². The topological polar surface area (TPSA) is 114 Å². The van der Waals surface area contributed by atoms with E-state index in [9.17, 15) is 13.2 Å². The monoisotopic (exact) mass is 342 g/mol. The zero-order chi connectivity index (χ0) is 15.9. The van der Waals surface area contributed by atoms with Crippen LogP contribution in [0.5, 0.6) is 0 Å². The average molecular weight is 342 g/mol. The van der Waals surface area contributed by atoms with Gasteiger partial charge in [-0.3, -0.25) is 9.52 Å². The molecule has 0 saturated carbocycles. The number of thiazole rings is 1. The molecule has 3 rings (SSSR count). The lowest BCUT2D eigenvalue weighted by Gasteiger charge is -2.04. The maximum Gasteiger partial charge on any atom is 0.269 e. The normalized spacial score (nSPS) is 15.1. The first kappa shape index (κ1) is 15.0. The summed E-state index contributed by atoms with van der Waals surface area (Å²) in [5.41, 5.74) is 0.900. The number of fused-ring (bicyclic) bond motifs is 1. The van der Waals surface area contributed by atoms with Gasteiger partial charge in [-0.2, -0.15) is 0 Å². The van der Waals surface area contributed by atoms with Crippen LogP contribution in [0.2, 0.25) is 0 Å². The van der Waals surface area contributed by atoms with Crippen molar-refractivity contribution in [3.8, 4) is 0 Å². The van der Waals surface area contributed by atoms with Crippen LogP contribution in [0.25, 0.3) is 0 Å². The van der Waals surface area contributed by atoms with Crippen molar-refractivity contribution in [3.05, 3.63) is 22.0 Å². The molecule has 22 heavy (non-hydrogen) atoms. The molecule has 2 aromatic heterocycles. The Morgan fingerprint density at radius 1 is 1.36 bits per heavy atom. The summed E-state index contributed by atoms with van der Waals surface area (Å²) in [6.07, 6.45) is 1.41. The summed E-state index contributed by atoms with van der Waals surface area (Å²) in [6.45, 7) is 3.68. The van der Waals surface area contributed by atoms with Gasteiger partial charge in [0, 0.05) is 6.54 Å². The van der Waals surface area contributed by atoms with E-state index in [-0.39, 0.29) is 27.4 Å². The number of nitrogens with zero attached hydrogens (tertiary/aromatic N) is 2. The number of hydrogen-bond acceptors (Lipinski definition) is 7. The summed E-state index contributed by atoms with van der Waals surface area (Å²) in [4.78, 5) is 16.6. The fraction of sp³-hybridized carbons (Fsp3) is 0.417. The maximum atomic E-state index is 12.4. The summed E-state index contributed by atoms with van der Waals surface area (Å²) in [7, 11) is -3.85. The first-order chi connectivity index (χ1) is 10.4. The van der Waals surface area contributed by atoms with E-state index in [1.54, 1.807) is 6.92 Å². The summed E-state index contributed by atoms with van der Waals surface area (Å²) in [5.74, 6) is -0.00588. The summed E-state index contributed by atoms with van der Waals surface area (Å²) >= 11 is 1.03. The second-order valence-electron chi connectivity index (χ2n) is 4.91. The third-order valence-electron chi connectivity index (χ3n) is 3.24. The van der Waals surface area contributed by atoms with Gasteiger partial charge < -0.3 is 9.84 Å². The number of anilines is 1. The Kier molecular flexibility index (Phi) is 3.65. The van der Waals surface area contributed by atoms with Crippen molar-refractivity contribution in [1.29, 1.82) is 0 Å². The fourth-order valence-electron chi connectivity index (χ4n) is 2.30. The lowest BCUT2D eigenvalue weighted by molar-refractivity contribution is 0.0960. The van der Waals surface area contributed by atoms with Gasteiger partial charge in [0.05, 0.1) is 5.69 Å². The number of carbonyl (C=O) groups is 1. The van der Waals surface area contributed by atoms with Crippen LogP contribution in [0.15, 0.2) is 9.42 Å². The molecule has 1 amide bonds. The van der Waals surface area contributed by atoms with Crippen molar-refractivity contribution in [2.75, 3.05) is 11.3 Å². The van der Waals surface area contributed by atoms with Crippen molar-refractivity contribution in [3.63, 3.8) is 0 Å². The second kappa shape index (κ2) is 5.36. The highest BCUT2D eigenvalue weighted by Gasteiger charge is 2.27. The minimum absolute atomic E-state index is 0.00217. The van der Waals surface area contributed by atoms with Gasteiger partial charge in [0.1, 0.15) is 10.6 Å². The average Bonchev–Trinajstić information content (AvgIpc) is 2.93. The second-order valence-corrected chi connectivity index (χ2v) is 7.53. The molecule has 0 fully saturated rings. The molecule has 8 nitrogen and oxygen atoms in total. The molecule has 0 saturated heterocycles. The molecule has 0 bridgehead atoms. The molecule has 0 aliphatic carbocycles. The lowest BCUT2D eigenvalue weighted by Crippen LogP contribution is -2.21. The Hall–Kier alpha value is -1.94. The Bertz CT molecular complexity index is 818. The minimum Gasteiger partial charge on any atom is -0.360 e. The van der Waals surface area contributed by atoms with E-state index in [0.717, 1.165) is 17.8 Å². The van der Waals surface area contributed by atoms with E-state index in [0.29, 0.717) is 23.5 Å². The van der Waals surface area contributed by atoms with Gasteiger partial charge in [-0.15, -0.1) is 0 Å². The molecule has 0 radical (unpaired) electrons. The van der Waals surface area contributed by atoms with Gasteiger partial charge >= 0.3 is 0 Å². The van der Waals surface area contributed by atoms with Crippen LogP contribution in [0, 0.1) is 13.8 Å². The van der Waals surface area contributed by atoms with Gasteiger partial charge in [0.2, 0.25) is 0 Å². The molecule has 10 heteroatoms. The van der Waals surface area contributed by atoms with Crippen molar-refractivity contribution < 1.29 is 17.7 Å². The number of nitrogens with one attached hydrogen (secondary N) is 2. The van der Waals surface area contributed by atoms with Crippen molar-refractivity contribution in [2.45, 2.75) is 31.6 Å². The molecule has 118 valence electrons. The lowest BCUT2D eigenvalue weighted by atomic mass is 10.2. The number of aryl methyl sites for hydroxylation is 3. The van der Waals surface area contributed by atoms with Gasteiger partial charge in [0.25, 0.3) is 15.9 Å². The molecule has 1 aliphatic heterocycles. The number of carbonyl (C=O) groups excluding carboxylic acids is 1. The largest absolute Gasteiger partial charge is 0.360 e. The van der Waals surface area contributed by atoms with Crippen LogP contribution in [0.4, 0.5) is 5.13 Å².